The highest BCUT2D eigenvalue weighted by molar-refractivity contribution is 8.03. The van der Waals surface area contributed by atoms with E-state index in [0.717, 1.165) is 0 Å². The van der Waals surface area contributed by atoms with Crippen LogP contribution in [-0.4, -0.2) is 42.5 Å². The highest BCUT2D eigenvalue weighted by Gasteiger charge is 2.38. The summed E-state index contributed by atoms with van der Waals surface area (Å²) in [6.07, 6.45) is -1.95. The number of allylic oxidation sites excluding steroid dienone is 5. The van der Waals surface area contributed by atoms with Crippen LogP contribution in [0.2, 0.25) is 0 Å². The molecule has 0 fully saturated rings. The number of amides is 1. The van der Waals surface area contributed by atoms with Crippen LogP contribution in [0.25, 0.3) is 16.3 Å². The monoisotopic (exact) mass is 680 g/mol. The SMILES string of the molecule is CN(C(=O)OC(C)(C)C)C1=C(C=Cc2sc3ccccc3[n+]2CC(F)(F)F)CCC1=CC=C1Sc2ccccc2N1CC(F)(F)F. The molecule has 2 aliphatic rings. The molecule has 244 valence electrons. The molecule has 0 saturated heterocycles. The average molecular weight is 681 g/mol. The number of likely N-dealkylation sites (N-methyl/N-ethyl adjacent to an activating group) is 1. The fourth-order valence-electron chi connectivity index (χ4n) is 5.27. The fraction of sp³-hybridized carbons (Fsp3) is 0.333. The van der Waals surface area contributed by atoms with Gasteiger partial charge >= 0.3 is 18.4 Å². The number of ether oxygens (including phenoxy) is 1. The Balaban J connectivity index is 1.56. The van der Waals surface area contributed by atoms with Gasteiger partial charge in [0.25, 0.3) is 5.01 Å². The number of thiazole rings is 1. The third-order valence-corrected chi connectivity index (χ3v) is 9.34. The first-order chi connectivity index (χ1) is 21.5. The van der Waals surface area contributed by atoms with Crippen LogP contribution in [0.5, 0.6) is 0 Å². The Morgan fingerprint density at radius 2 is 1.65 bits per heavy atom. The van der Waals surface area contributed by atoms with Crippen molar-refractivity contribution >= 4 is 51.2 Å². The average Bonchev–Trinajstić information content (AvgIpc) is 3.61. The molecule has 0 radical (unpaired) electrons. The fourth-order valence-corrected chi connectivity index (χ4v) is 7.40. The number of anilines is 1. The minimum Gasteiger partial charge on any atom is -0.443 e. The topological polar surface area (TPSA) is 36.7 Å². The zero-order valence-corrected chi connectivity index (χ0v) is 27.1. The van der Waals surface area contributed by atoms with Crippen LogP contribution in [0.4, 0.5) is 36.8 Å². The summed E-state index contributed by atoms with van der Waals surface area (Å²) in [4.78, 5) is 16.5. The van der Waals surface area contributed by atoms with Gasteiger partial charge in [-0.05, 0) is 75.1 Å². The number of thioether (sulfide) groups is 1. The largest absolute Gasteiger partial charge is 0.448 e. The summed E-state index contributed by atoms with van der Waals surface area (Å²) in [7, 11) is 1.54. The van der Waals surface area contributed by atoms with E-state index in [1.54, 1.807) is 101 Å². The summed E-state index contributed by atoms with van der Waals surface area (Å²) in [6.45, 7) is 2.87. The Morgan fingerprint density at radius 3 is 2.35 bits per heavy atom. The van der Waals surface area contributed by atoms with Crippen molar-refractivity contribution in [1.82, 2.24) is 4.90 Å². The lowest BCUT2D eigenvalue weighted by Gasteiger charge is -2.26. The summed E-state index contributed by atoms with van der Waals surface area (Å²) in [5, 5.41) is 0.764. The molecule has 5 nitrogen and oxygen atoms in total. The molecule has 0 spiro atoms. The van der Waals surface area contributed by atoms with Crippen molar-refractivity contribution in [1.29, 1.82) is 0 Å². The summed E-state index contributed by atoms with van der Waals surface area (Å²) >= 11 is 2.44. The highest BCUT2D eigenvalue weighted by atomic mass is 32.2. The normalized spacial score (nSPS) is 17.7. The number of hydrogen-bond donors (Lipinski definition) is 0. The van der Waals surface area contributed by atoms with Crippen molar-refractivity contribution in [2.75, 3.05) is 18.5 Å². The van der Waals surface area contributed by atoms with Gasteiger partial charge in [-0.3, -0.25) is 4.90 Å². The predicted octanol–water partition coefficient (Wildman–Crippen LogP) is 9.62. The molecular formula is C33H32F6N3O2S2+. The second kappa shape index (κ2) is 12.8. The van der Waals surface area contributed by atoms with Crippen LogP contribution in [0.15, 0.2) is 93.5 Å². The Labute approximate surface area is 271 Å². The number of rotatable bonds is 6. The maximum atomic E-state index is 13.5. The summed E-state index contributed by atoms with van der Waals surface area (Å²) < 4.78 is 88.8. The lowest BCUT2D eigenvalue weighted by Crippen LogP contribution is -2.42. The number of benzene rings is 2. The molecule has 1 aromatic heterocycles. The minimum atomic E-state index is -4.44. The first kappa shape index (κ1) is 33.6. The number of hydrogen-bond acceptors (Lipinski definition) is 5. The molecule has 5 rings (SSSR count). The lowest BCUT2D eigenvalue weighted by molar-refractivity contribution is -0.693. The van der Waals surface area contributed by atoms with Gasteiger partial charge in [0.2, 0.25) is 12.1 Å². The van der Waals surface area contributed by atoms with Gasteiger partial charge < -0.3 is 9.64 Å². The third kappa shape index (κ3) is 7.98. The Bertz CT molecular complexity index is 1760. The number of carbonyl (C=O) groups excluding carboxylic acids is 1. The van der Waals surface area contributed by atoms with Gasteiger partial charge in [0, 0.05) is 24.1 Å². The summed E-state index contributed by atoms with van der Waals surface area (Å²) in [6, 6.07) is 13.7. The van der Waals surface area contributed by atoms with Gasteiger partial charge in [-0.15, -0.1) is 0 Å². The Morgan fingerprint density at radius 1 is 0.957 bits per heavy atom. The van der Waals surface area contributed by atoms with Crippen molar-refractivity contribution in [3.8, 4) is 0 Å². The van der Waals surface area contributed by atoms with Crippen LogP contribution in [0.3, 0.4) is 0 Å². The molecule has 0 N–H and O–H groups in total. The molecule has 1 amide bonds. The molecule has 1 aliphatic carbocycles. The number of carbonyl (C=O) groups is 1. The van der Waals surface area contributed by atoms with E-state index in [9.17, 15) is 31.1 Å². The number of nitrogens with zero attached hydrogens (tertiary/aromatic N) is 3. The van der Waals surface area contributed by atoms with Crippen LogP contribution < -0.4 is 9.47 Å². The van der Waals surface area contributed by atoms with E-state index in [2.05, 4.69) is 0 Å². The zero-order valence-electron chi connectivity index (χ0n) is 25.5. The second-order valence-electron chi connectivity index (χ2n) is 11.8. The lowest BCUT2D eigenvalue weighted by atomic mass is 10.1. The van der Waals surface area contributed by atoms with Gasteiger partial charge in [-0.25, -0.2) is 4.79 Å². The molecule has 0 unspecified atom stereocenters. The smallest absolute Gasteiger partial charge is 0.443 e. The van der Waals surface area contributed by atoms with Gasteiger partial charge in [0.1, 0.15) is 16.8 Å². The molecule has 3 aromatic rings. The summed E-state index contributed by atoms with van der Waals surface area (Å²) in [5.41, 5.74) is 1.99. The van der Waals surface area contributed by atoms with E-state index >= 15 is 0 Å². The number of fused-ring (bicyclic) bond motifs is 2. The molecule has 1 aliphatic heterocycles. The van der Waals surface area contributed by atoms with E-state index in [1.165, 1.54) is 37.5 Å². The zero-order chi connectivity index (χ0) is 33.4. The van der Waals surface area contributed by atoms with Gasteiger partial charge in [-0.2, -0.15) is 30.9 Å². The van der Waals surface area contributed by atoms with Crippen LogP contribution in [0, 0.1) is 0 Å². The van der Waals surface area contributed by atoms with Crippen molar-refractivity contribution in [3.05, 3.63) is 93.6 Å². The molecular weight excluding hydrogens is 649 g/mol. The Kier molecular flexibility index (Phi) is 9.38. The number of aromatic nitrogens is 1. The third-order valence-electron chi connectivity index (χ3n) is 7.08. The van der Waals surface area contributed by atoms with E-state index < -0.39 is 37.1 Å². The highest BCUT2D eigenvalue weighted by Crippen LogP contribution is 2.47. The van der Waals surface area contributed by atoms with Crippen molar-refractivity contribution in [2.45, 2.75) is 63.0 Å². The minimum absolute atomic E-state index is 0.382. The van der Waals surface area contributed by atoms with Gasteiger partial charge in [-0.1, -0.05) is 53.4 Å². The van der Waals surface area contributed by atoms with Crippen LogP contribution in [-0.2, 0) is 11.3 Å². The molecule has 2 aromatic carbocycles. The maximum absolute atomic E-state index is 13.5. The second-order valence-corrected chi connectivity index (χ2v) is 13.9. The molecule has 2 heterocycles. The first-order valence-corrected chi connectivity index (χ1v) is 16.0. The molecule has 46 heavy (non-hydrogen) atoms. The van der Waals surface area contributed by atoms with E-state index in [4.69, 9.17) is 4.74 Å². The summed E-state index contributed by atoms with van der Waals surface area (Å²) in [5.74, 6) is 0. The van der Waals surface area contributed by atoms with Gasteiger partial charge in [0.15, 0.2) is 0 Å². The van der Waals surface area contributed by atoms with Crippen molar-refractivity contribution in [2.24, 2.45) is 0 Å². The van der Waals surface area contributed by atoms with Gasteiger partial charge in [0.05, 0.1) is 16.4 Å². The number of halogens is 6. The number of para-hydroxylation sites is 2. The van der Waals surface area contributed by atoms with Crippen molar-refractivity contribution in [3.63, 3.8) is 0 Å². The number of alkyl halides is 6. The van der Waals surface area contributed by atoms with E-state index in [1.807, 2.05) is 0 Å². The van der Waals surface area contributed by atoms with E-state index in [0.29, 0.717) is 60.5 Å². The molecule has 0 atom stereocenters. The first-order valence-electron chi connectivity index (χ1n) is 14.4. The predicted molar refractivity (Wildman–Crippen MR) is 169 cm³/mol. The molecule has 0 saturated carbocycles. The maximum Gasteiger partial charge on any atom is 0.448 e. The molecule has 0 bridgehead atoms. The quantitative estimate of drug-likeness (QED) is 0.192. The van der Waals surface area contributed by atoms with Crippen molar-refractivity contribution < 1.29 is 40.4 Å². The van der Waals surface area contributed by atoms with Crippen LogP contribution in [0.1, 0.15) is 38.6 Å². The Hall–Kier alpha value is -3.71. The van der Waals surface area contributed by atoms with Crippen LogP contribution >= 0.6 is 23.1 Å². The molecule has 13 heteroatoms. The van der Waals surface area contributed by atoms with E-state index in [-0.39, 0.29) is 0 Å². The standard InChI is InChI=1S/C33H32F6N3O2S2/c1-31(2,3)44-30(43)40(4)29-21(15-17-27-41(19-32(34,35)36)23-9-5-7-11-25(23)45-27)13-14-22(29)16-18-28-42(20-33(37,38)39)24-10-6-8-12-26(24)46-28/h5-12,15-18H,13-14,19-20H2,1-4H3/q+1.